The van der Waals surface area contributed by atoms with E-state index in [1.165, 1.54) is 11.0 Å². The summed E-state index contributed by atoms with van der Waals surface area (Å²) in [5.74, 6) is 1.68. The number of aryl methyl sites for hydroxylation is 2. The van der Waals surface area contributed by atoms with E-state index in [-0.39, 0.29) is 6.54 Å². The van der Waals surface area contributed by atoms with Crippen LogP contribution < -0.4 is 10.6 Å². The zero-order valence-electron chi connectivity index (χ0n) is 21.8. The fraction of sp³-hybridized carbons (Fsp3) is 0.345. The van der Waals surface area contributed by atoms with Gasteiger partial charge in [-0.2, -0.15) is 0 Å². The molecular formula is C29H35N3O4. The molecule has 0 radical (unpaired) electrons. The second kappa shape index (κ2) is 12.1. The molecule has 0 aliphatic rings. The quantitative estimate of drug-likeness (QED) is 0.408. The SMILES string of the molecule is C#Cc1ccc(C(C(=O)Nc2c(C)cccc2C)N(CC=C)C(=O)C(C)NC(=O)OC(C)(C)C)cc1. The third-order valence-electron chi connectivity index (χ3n) is 5.39. The monoisotopic (exact) mass is 489 g/mol. The fourth-order valence-corrected chi connectivity index (χ4v) is 3.69. The molecule has 0 aliphatic heterocycles. The van der Waals surface area contributed by atoms with Gasteiger partial charge in [-0.15, -0.1) is 13.0 Å². The number of alkyl carbamates (subject to hydrolysis) is 1. The van der Waals surface area contributed by atoms with Gasteiger partial charge in [-0.25, -0.2) is 4.79 Å². The number of carbonyl (C=O) groups excluding carboxylic acids is 3. The molecule has 7 nitrogen and oxygen atoms in total. The minimum Gasteiger partial charge on any atom is -0.444 e. The van der Waals surface area contributed by atoms with Crippen LogP contribution in [0.1, 0.15) is 56.0 Å². The van der Waals surface area contributed by atoms with Crippen LogP contribution in [0.5, 0.6) is 0 Å². The van der Waals surface area contributed by atoms with Gasteiger partial charge in [-0.05, 0) is 70.4 Å². The van der Waals surface area contributed by atoms with Crippen LogP contribution in [0.4, 0.5) is 10.5 Å². The van der Waals surface area contributed by atoms with E-state index >= 15 is 0 Å². The van der Waals surface area contributed by atoms with Crippen LogP contribution in [0.2, 0.25) is 0 Å². The molecule has 190 valence electrons. The van der Waals surface area contributed by atoms with Crippen molar-refractivity contribution in [3.63, 3.8) is 0 Å². The summed E-state index contributed by atoms with van der Waals surface area (Å²) < 4.78 is 5.28. The van der Waals surface area contributed by atoms with Crippen LogP contribution in [0.25, 0.3) is 0 Å². The van der Waals surface area contributed by atoms with E-state index in [1.54, 1.807) is 52.0 Å². The van der Waals surface area contributed by atoms with Crippen molar-refractivity contribution >= 4 is 23.6 Å². The number of hydrogen-bond donors (Lipinski definition) is 2. The largest absolute Gasteiger partial charge is 0.444 e. The van der Waals surface area contributed by atoms with Gasteiger partial charge in [0.15, 0.2) is 0 Å². The van der Waals surface area contributed by atoms with Crippen LogP contribution in [0, 0.1) is 26.2 Å². The fourth-order valence-electron chi connectivity index (χ4n) is 3.69. The maximum atomic E-state index is 13.7. The van der Waals surface area contributed by atoms with Gasteiger partial charge in [-0.3, -0.25) is 9.59 Å². The van der Waals surface area contributed by atoms with Crippen molar-refractivity contribution in [3.8, 4) is 12.3 Å². The van der Waals surface area contributed by atoms with Crippen molar-refractivity contribution in [1.29, 1.82) is 0 Å². The number of para-hydroxylation sites is 1. The maximum absolute atomic E-state index is 13.7. The van der Waals surface area contributed by atoms with E-state index in [2.05, 4.69) is 23.1 Å². The molecule has 7 heteroatoms. The first-order valence-corrected chi connectivity index (χ1v) is 11.7. The summed E-state index contributed by atoms with van der Waals surface area (Å²) in [6.07, 6.45) is 6.31. The number of ether oxygens (including phenoxy) is 1. The Morgan fingerprint density at radius 1 is 1.11 bits per heavy atom. The summed E-state index contributed by atoms with van der Waals surface area (Å²) >= 11 is 0. The number of benzene rings is 2. The molecule has 0 saturated carbocycles. The lowest BCUT2D eigenvalue weighted by Crippen LogP contribution is -2.51. The minimum absolute atomic E-state index is 0.0703. The molecule has 0 heterocycles. The highest BCUT2D eigenvalue weighted by atomic mass is 16.6. The van der Waals surface area contributed by atoms with Crippen LogP contribution in [0.3, 0.4) is 0 Å². The average Bonchev–Trinajstić information content (AvgIpc) is 2.79. The van der Waals surface area contributed by atoms with Gasteiger partial charge in [0.25, 0.3) is 5.91 Å². The smallest absolute Gasteiger partial charge is 0.408 e. The molecule has 2 unspecified atom stereocenters. The molecule has 2 atom stereocenters. The first kappa shape index (κ1) is 28.2. The van der Waals surface area contributed by atoms with Gasteiger partial charge in [0.05, 0.1) is 0 Å². The highest BCUT2D eigenvalue weighted by molar-refractivity contribution is 5.99. The summed E-state index contributed by atoms with van der Waals surface area (Å²) in [6.45, 7) is 14.4. The van der Waals surface area contributed by atoms with E-state index < -0.39 is 35.6 Å². The molecule has 36 heavy (non-hydrogen) atoms. The molecule has 0 spiro atoms. The van der Waals surface area contributed by atoms with E-state index in [0.717, 1.165) is 11.1 Å². The van der Waals surface area contributed by atoms with Gasteiger partial charge in [0, 0.05) is 17.8 Å². The van der Waals surface area contributed by atoms with E-state index in [1.807, 2.05) is 32.0 Å². The van der Waals surface area contributed by atoms with Crippen LogP contribution in [0.15, 0.2) is 55.1 Å². The Morgan fingerprint density at radius 2 is 1.69 bits per heavy atom. The van der Waals surface area contributed by atoms with Crippen molar-refractivity contribution in [3.05, 3.63) is 77.4 Å². The van der Waals surface area contributed by atoms with Crippen molar-refractivity contribution in [1.82, 2.24) is 10.2 Å². The van der Waals surface area contributed by atoms with Crippen molar-refractivity contribution in [2.45, 2.75) is 59.2 Å². The number of hydrogen-bond acceptors (Lipinski definition) is 4. The zero-order chi connectivity index (χ0) is 27.0. The maximum Gasteiger partial charge on any atom is 0.408 e. The van der Waals surface area contributed by atoms with Gasteiger partial charge < -0.3 is 20.3 Å². The summed E-state index contributed by atoms with van der Waals surface area (Å²) in [5, 5.41) is 5.55. The summed E-state index contributed by atoms with van der Waals surface area (Å²) in [4.78, 5) is 41.0. The normalized spacial score (nSPS) is 12.5. The van der Waals surface area contributed by atoms with Gasteiger partial charge in [0.1, 0.15) is 17.7 Å². The number of anilines is 1. The Kier molecular flexibility index (Phi) is 9.45. The van der Waals surface area contributed by atoms with Crippen molar-refractivity contribution in [2.24, 2.45) is 0 Å². The molecule has 0 saturated heterocycles. The predicted molar refractivity (Wildman–Crippen MR) is 142 cm³/mol. The van der Waals surface area contributed by atoms with Crippen molar-refractivity contribution in [2.75, 3.05) is 11.9 Å². The lowest BCUT2D eigenvalue weighted by atomic mass is 10.0. The standard InChI is InChI=1S/C29H35N3O4/c1-9-18-32(27(34)21(5)30-28(35)36-29(6,7)8)25(23-16-14-22(10-2)15-17-23)26(33)31-24-19(3)12-11-13-20(24)4/h2,9,11-17,21,25H,1,18H2,3-8H3,(H,30,35)(H,31,33). The highest BCUT2D eigenvalue weighted by Crippen LogP contribution is 2.27. The average molecular weight is 490 g/mol. The molecular weight excluding hydrogens is 454 g/mol. The molecule has 2 aromatic rings. The Labute approximate surface area is 213 Å². The Morgan fingerprint density at radius 3 is 2.19 bits per heavy atom. The second-order valence-corrected chi connectivity index (χ2v) is 9.57. The molecule has 0 aliphatic carbocycles. The number of carbonyl (C=O) groups is 3. The molecule has 0 bridgehead atoms. The van der Waals surface area contributed by atoms with E-state index in [4.69, 9.17) is 11.2 Å². The number of nitrogens with one attached hydrogen (secondary N) is 2. The Bertz CT molecular complexity index is 1140. The lowest BCUT2D eigenvalue weighted by molar-refractivity contribution is -0.139. The molecule has 0 fully saturated rings. The Balaban J connectivity index is 2.46. The number of nitrogens with zero attached hydrogens (tertiary/aromatic N) is 1. The third kappa shape index (κ3) is 7.47. The number of rotatable bonds is 8. The first-order valence-electron chi connectivity index (χ1n) is 11.7. The topological polar surface area (TPSA) is 87.7 Å². The first-order chi connectivity index (χ1) is 16.9. The molecule has 0 aromatic heterocycles. The lowest BCUT2D eigenvalue weighted by Gasteiger charge is -2.33. The van der Waals surface area contributed by atoms with E-state index in [0.29, 0.717) is 16.8 Å². The minimum atomic E-state index is -1.01. The summed E-state index contributed by atoms with van der Waals surface area (Å²) in [7, 11) is 0. The van der Waals surface area contributed by atoms with Gasteiger partial charge in [-0.1, -0.05) is 42.3 Å². The van der Waals surface area contributed by atoms with Crippen LogP contribution in [-0.2, 0) is 14.3 Å². The third-order valence-corrected chi connectivity index (χ3v) is 5.39. The molecule has 3 amide bonds. The summed E-state index contributed by atoms with van der Waals surface area (Å²) in [6, 6.07) is 10.6. The highest BCUT2D eigenvalue weighted by Gasteiger charge is 2.34. The van der Waals surface area contributed by atoms with Crippen LogP contribution >= 0.6 is 0 Å². The zero-order valence-corrected chi connectivity index (χ0v) is 21.8. The second-order valence-electron chi connectivity index (χ2n) is 9.57. The van der Waals surface area contributed by atoms with Gasteiger partial charge >= 0.3 is 6.09 Å². The molecule has 2 N–H and O–H groups in total. The molecule has 2 aromatic carbocycles. The summed E-state index contributed by atoms with van der Waals surface area (Å²) in [5.41, 5.74) is 2.96. The number of amides is 3. The Hall–Kier alpha value is -4.05. The predicted octanol–water partition coefficient (Wildman–Crippen LogP) is 4.89. The van der Waals surface area contributed by atoms with E-state index in [9.17, 15) is 14.4 Å². The number of terminal acetylenes is 1. The van der Waals surface area contributed by atoms with Crippen molar-refractivity contribution < 1.29 is 19.1 Å². The van der Waals surface area contributed by atoms with Crippen LogP contribution in [-0.4, -0.2) is 41.0 Å². The van der Waals surface area contributed by atoms with Gasteiger partial charge in [0.2, 0.25) is 5.91 Å². The molecule has 2 rings (SSSR count).